The summed E-state index contributed by atoms with van der Waals surface area (Å²) in [5.41, 5.74) is 6.02. The Morgan fingerprint density at radius 1 is 1.30 bits per heavy atom. The zero-order valence-corrected chi connectivity index (χ0v) is 6.15. The first-order chi connectivity index (χ1) is 4.71. The lowest BCUT2D eigenvalue weighted by molar-refractivity contribution is 0.315. The van der Waals surface area contributed by atoms with Crippen molar-refractivity contribution in [3.05, 3.63) is 0 Å². The zero-order valence-electron chi connectivity index (χ0n) is 6.15. The minimum atomic E-state index is -0.550. The van der Waals surface area contributed by atoms with Gasteiger partial charge in [0.1, 0.15) is 6.17 Å². The molecule has 0 aromatic heterocycles. The van der Waals surface area contributed by atoms with Crippen molar-refractivity contribution in [3.8, 4) is 0 Å². The topological polar surface area (TPSA) is 26.0 Å². The summed E-state index contributed by atoms with van der Waals surface area (Å²) in [5, 5.41) is 0. The van der Waals surface area contributed by atoms with Gasteiger partial charge in [0.05, 0.1) is 0 Å². The molecule has 0 aromatic carbocycles. The van der Waals surface area contributed by atoms with Crippen molar-refractivity contribution in [1.29, 1.82) is 0 Å². The van der Waals surface area contributed by atoms with E-state index in [1.165, 1.54) is 0 Å². The van der Waals surface area contributed by atoms with E-state index in [0.29, 0.717) is 5.92 Å². The maximum absolute atomic E-state index is 12.7. The molecule has 2 N–H and O–H groups in total. The Morgan fingerprint density at radius 3 is 2.40 bits per heavy atom. The SMILES string of the molecule is NC1(C2CCC(F)C2)CC1. The largest absolute Gasteiger partial charge is 0.325 e. The monoisotopic (exact) mass is 143 g/mol. The molecule has 0 aliphatic heterocycles. The first-order valence-corrected chi connectivity index (χ1v) is 4.14. The first kappa shape index (κ1) is 6.59. The van der Waals surface area contributed by atoms with E-state index in [1.807, 2.05) is 0 Å². The first-order valence-electron chi connectivity index (χ1n) is 4.14. The normalized spacial score (nSPS) is 43.8. The predicted octanol–water partition coefficient (Wildman–Crippen LogP) is 1.62. The Labute approximate surface area is 60.8 Å². The van der Waals surface area contributed by atoms with E-state index < -0.39 is 6.17 Å². The molecule has 2 atom stereocenters. The third-order valence-corrected chi connectivity index (χ3v) is 3.01. The predicted molar refractivity (Wildman–Crippen MR) is 38.4 cm³/mol. The standard InChI is InChI=1S/C8H14FN/c9-7-2-1-6(5-7)8(10)3-4-8/h6-7H,1-5,10H2. The lowest BCUT2D eigenvalue weighted by Gasteiger charge is -2.16. The summed E-state index contributed by atoms with van der Waals surface area (Å²) < 4.78 is 12.7. The van der Waals surface area contributed by atoms with E-state index in [0.717, 1.165) is 32.1 Å². The van der Waals surface area contributed by atoms with Crippen LogP contribution in [0.5, 0.6) is 0 Å². The van der Waals surface area contributed by atoms with E-state index in [1.54, 1.807) is 0 Å². The van der Waals surface area contributed by atoms with Crippen LogP contribution in [0, 0.1) is 5.92 Å². The highest BCUT2D eigenvalue weighted by molar-refractivity contribution is 5.06. The lowest BCUT2D eigenvalue weighted by atomic mass is 9.97. The molecular formula is C8H14FN. The summed E-state index contributed by atoms with van der Waals surface area (Å²) in [6.07, 6.45) is 4.22. The minimum absolute atomic E-state index is 0.0703. The fraction of sp³-hybridized carbons (Fsp3) is 1.00. The van der Waals surface area contributed by atoms with Gasteiger partial charge in [-0.3, -0.25) is 0 Å². The third kappa shape index (κ3) is 0.947. The van der Waals surface area contributed by atoms with Gasteiger partial charge in [0.15, 0.2) is 0 Å². The van der Waals surface area contributed by atoms with Crippen LogP contribution in [-0.4, -0.2) is 11.7 Å². The molecule has 0 bridgehead atoms. The van der Waals surface area contributed by atoms with Gasteiger partial charge in [-0.1, -0.05) is 0 Å². The van der Waals surface area contributed by atoms with Gasteiger partial charge in [-0.2, -0.15) is 0 Å². The lowest BCUT2D eigenvalue weighted by Crippen LogP contribution is -2.30. The Kier molecular flexibility index (Phi) is 1.28. The smallest absolute Gasteiger partial charge is 0.100 e. The molecule has 2 rings (SSSR count). The Bertz CT molecular complexity index is 142. The van der Waals surface area contributed by atoms with E-state index in [2.05, 4.69) is 0 Å². The number of rotatable bonds is 1. The van der Waals surface area contributed by atoms with E-state index in [4.69, 9.17) is 5.73 Å². The molecule has 0 heterocycles. The number of alkyl halides is 1. The van der Waals surface area contributed by atoms with E-state index in [9.17, 15) is 4.39 Å². The van der Waals surface area contributed by atoms with Crippen LogP contribution < -0.4 is 5.73 Å². The van der Waals surface area contributed by atoms with Crippen LogP contribution in [-0.2, 0) is 0 Å². The average Bonchev–Trinajstić information content (AvgIpc) is 2.45. The maximum Gasteiger partial charge on any atom is 0.100 e. The van der Waals surface area contributed by atoms with Crippen molar-refractivity contribution in [3.63, 3.8) is 0 Å². The summed E-state index contributed by atoms with van der Waals surface area (Å²) in [4.78, 5) is 0. The second-order valence-electron chi connectivity index (χ2n) is 3.84. The van der Waals surface area contributed by atoms with Gasteiger partial charge in [0.25, 0.3) is 0 Å². The molecule has 58 valence electrons. The van der Waals surface area contributed by atoms with Gasteiger partial charge >= 0.3 is 0 Å². The van der Waals surface area contributed by atoms with Crippen LogP contribution >= 0.6 is 0 Å². The van der Waals surface area contributed by atoms with Crippen molar-refractivity contribution in [2.45, 2.75) is 43.8 Å². The van der Waals surface area contributed by atoms with Crippen LogP contribution in [0.3, 0.4) is 0 Å². The van der Waals surface area contributed by atoms with Crippen LogP contribution in [0.25, 0.3) is 0 Å². The molecule has 10 heavy (non-hydrogen) atoms. The van der Waals surface area contributed by atoms with Gasteiger partial charge in [0, 0.05) is 5.54 Å². The molecule has 0 radical (unpaired) electrons. The maximum atomic E-state index is 12.7. The molecule has 2 saturated carbocycles. The highest BCUT2D eigenvalue weighted by Gasteiger charge is 2.48. The molecule has 2 fully saturated rings. The molecule has 0 saturated heterocycles. The fourth-order valence-corrected chi connectivity index (χ4v) is 2.00. The van der Waals surface area contributed by atoms with Crippen molar-refractivity contribution in [1.82, 2.24) is 0 Å². The second-order valence-corrected chi connectivity index (χ2v) is 3.84. The van der Waals surface area contributed by atoms with Gasteiger partial charge in [0.2, 0.25) is 0 Å². The van der Waals surface area contributed by atoms with Gasteiger partial charge in [-0.15, -0.1) is 0 Å². The molecule has 1 nitrogen and oxygen atoms in total. The highest BCUT2D eigenvalue weighted by atomic mass is 19.1. The number of nitrogens with two attached hydrogens (primary N) is 1. The number of halogens is 1. The summed E-state index contributed by atoms with van der Waals surface area (Å²) in [5.74, 6) is 0.502. The molecule has 0 amide bonds. The molecule has 0 spiro atoms. The second kappa shape index (κ2) is 1.94. The van der Waals surface area contributed by atoms with Crippen LogP contribution in [0.2, 0.25) is 0 Å². The van der Waals surface area contributed by atoms with E-state index >= 15 is 0 Å². The van der Waals surface area contributed by atoms with Gasteiger partial charge in [-0.05, 0) is 38.0 Å². The van der Waals surface area contributed by atoms with Crippen LogP contribution in [0.1, 0.15) is 32.1 Å². The number of hydrogen-bond donors (Lipinski definition) is 1. The van der Waals surface area contributed by atoms with Crippen LogP contribution in [0.15, 0.2) is 0 Å². The molecular weight excluding hydrogens is 129 g/mol. The van der Waals surface area contributed by atoms with Gasteiger partial charge < -0.3 is 5.73 Å². The van der Waals surface area contributed by atoms with Crippen molar-refractivity contribution >= 4 is 0 Å². The quantitative estimate of drug-likeness (QED) is 0.593. The Morgan fingerprint density at radius 2 is 2.00 bits per heavy atom. The summed E-state index contributed by atoms with van der Waals surface area (Å²) in [7, 11) is 0. The number of hydrogen-bond acceptors (Lipinski definition) is 1. The Hall–Kier alpha value is -0.110. The summed E-state index contributed by atoms with van der Waals surface area (Å²) >= 11 is 0. The highest BCUT2D eigenvalue weighted by Crippen LogP contribution is 2.47. The zero-order chi connectivity index (χ0) is 7.19. The Balaban J connectivity index is 1.95. The van der Waals surface area contributed by atoms with Gasteiger partial charge in [-0.25, -0.2) is 4.39 Å². The molecule has 0 aromatic rings. The van der Waals surface area contributed by atoms with E-state index in [-0.39, 0.29) is 5.54 Å². The third-order valence-electron chi connectivity index (χ3n) is 3.01. The molecule has 2 unspecified atom stereocenters. The average molecular weight is 143 g/mol. The summed E-state index contributed by atoms with van der Waals surface area (Å²) in [6.45, 7) is 0. The van der Waals surface area contributed by atoms with Crippen molar-refractivity contribution < 1.29 is 4.39 Å². The van der Waals surface area contributed by atoms with Crippen molar-refractivity contribution in [2.75, 3.05) is 0 Å². The molecule has 2 aliphatic carbocycles. The van der Waals surface area contributed by atoms with Crippen LogP contribution in [0.4, 0.5) is 4.39 Å². The molecule has 2 heteroatoms. The molecule has 2 aliphatic rings. The summed E-state index contributed by atoms with van der Waals surface area (Å²) in [6, 6.07) is 0. The van der Waals surface area contributed by atoms with Crippen molar-refractivity contribution in [2.24, 2.45) is 11.7 Å². The fourth-order valence-electron chi connectivity index (χ4n) is 2.00. The minimum Gasteiger partial charge on any atom is -0.325 e.